The van der Waals surface area contributed by atoms with Crippen molar-refractivity contribution < 1.29 is 15.4 Å². The van der Waals surface area contributed by atoms with Crippen LogP contribution in [0.3, 0.4) is 0 Å². The molecule has 0 bridgehead atoms. The zero-order valence-electron chi connectivity index (χ0n) is 3.56. The van der Waals surface area contributed by atoms with Crippen LogP contribution < -0.4 is 0 Å². The van der Waals surface area contributed by atoms with Crippen LogP contribution in [-0.4, -0.2) is 65.5 Å². The predicted octanol–water partition coefficient (Wildman–Crippen LogP) is -1.17. The van der Waals surface area contributed by atoms with E-state index < -0.39 is 5.97 Å². The Bertz CT molecular complexity index is 44.1. The average molecular weight is 116 g/mol. The molecule has 0 radical (unpaired) electrons. The summed E-state index contributed by atoms with van der Waals surface area (Å²) in [4.78, 5) is 9.41. The van der Waals surface area contributed by atoms with Crippen molar-refractivity contribution in [2.45, 2.75) is 0.515 Å². The molecule has 0 aromatic carbocycles. The summed E-state index contributed by atoms with van der Waals surface area (Å²) in [7, 11) is 0. The Kier molecular flexibility index (Phi) is 10.2. The molecule has 4 heteroatoms. The molecule has 0 aliphatic rings. The van der Waals surface area contributed by atoms with E-state index in [1.165, 1.54) is 0 Å². The van der Waals surface area contributed by atoms with Crippen molar-refractivity contribution in [1.82, 2.24) is 0 Å². The summed E-state index contributed by atoms with van der Waals surface area (Å²) in [5.74, 6) is -0.662. The van der Waals surface area contributed by atoms with Gasteiger partial charge in [0.1, 0.15) is 0 Å². The van der Waals surface area contributed by atoms with Gasteiger partial charge < -0.3 is 5.48 Å². The molecule has 0 rings (SSSR count). The number of carboxylic acids is 1. The molecule has 0 aliphatic heterocycles. The molecule has 0 unspecified atom stereocenters. The fourth-order valence-electron chi connectivity index (χ4n) is 0. The molecule has 0 atom stereocenters. The topological polar surface area (TPSA) is 68.8 Å². The third-order valence-electron chi connectivity index (χ3n) is 0.302. The number of rotatable bonds is 1. The molecule has 0 aromatic heterocycles. The maximum absolute atomic E-state index is 9.41. The Labute approximate surface area is 69.6 Å². The minimum absolute atomic E-state index is 0. The Hall–Kier alpha value is 1.07. The first-order valence-electron chi connectivity index (χ1n) is 1.49. The van der Waals surface area contributed by atoms with E-state index in [-0.39, 0.29) is 5.48 Å². The second-order valence-electron chi connectivity index (χ2n) is 0.747. The zero-order valence-corrected chi connectivity index (χ0v) is 6.69. The van der Waals surface area contributed by atoms with Gasteiger partial charge in [-0.05, 0) is 0 Å². The van der Waals surface area contributed by atoms with Gasteiger partial charge in [-0.25, -0.2) is 0 Å². The van der Waals surface area contributed by atoms with Gasteiger partial charge in [-0.15, -0.1) is 0 Å². The minimum atomic E-state index is -0.662. The quantitative estimate of drug-likeness (QED) is 0.439. The van der Waals surface area contributed by atoms with Crippen molar-refractivity contribution in [3.8, 4) is 0 Å². The van der Waals surface area contributed by atoms with Gasteiger partial charge in [-0.1, -0.05) is 0 Å². The van der Waals surface area contributed by atoms with Crippen LogP contribution in [-0.2, 0) is 4.79 Å². The SMILES string of the molecule is O.O=C(O)[CH2][K]. The second kappa shape index (κ2) is 6.07. The van der Waals surface area contributed by atoms with Crippen molar-refractivity contribution in [3.05, 3.63) is 0 Å². The van der Waals surface area contributed by atoms with E-state index in [2.05, 4.69) is 0 Å². The normalized spacial score (nSPS) is 6.33. The Balaban J connectivity index is 0. The molecule has 0 heterocycles. The van der Waals surface area contributed by atoms with Gasteiger partial charge in [-0.2, -0.15) is 0 Å². The summed E-state index contributed by atoms with van der Waals surface area (Å²) < 4.78 is 0.410. The van der Waals surface area contributed by atoms with Crippen molar-refractivity contribution >= 4 is 54.9 Å². The predicted molar refractivity (Wildman–Crippen MR) is 21.8 cm³/mol. The molecule has 0 spiro atoms. The molecule has 32 valence electrons. The molecule has 6 heavy (non-hydrogen) atoms. The average Bonchev–Trinajstić information content (AvgIpc) is 1.38. The number of hydrogen-bond donors (Lipinski definition) is 1. The van der Waals surface area contributed by atoms with Crippen LogP contribution in [0.25, 0.3) is 0 Å². The number of aliphatic carboxylic acids is 1. The van der Waals surface area contributed by atoms with Crippen molar-refractivity contribution in [2.24, 2.45) is 0 Å². The third kappa shape index (κ3) is 8.91. The van der Waals surface area contributed by atoms with Crippen LogP contribution in [0, 0.1) is 0 Å². The van der Waals surface area contributed by atoms with E-state index in [1.54, 1.807) is 0 Å². The first-order chi connectivity index (χ1) is 2.27. The van der Waals surface area contributed by atoms with Gasteiger partial charge in [-0.3, -0.25) is 0 Å². The molecule has 0 amide bonds. The van der Waals surface area contributed by atoms with Crippen LogP contribution >= 0.6 is 0 Å². The number of carboxylic acid groups (broad SMARTS) is 1. The third-order valence-corrected chi connectivity index (χ3v) is 1.25. The van der Waals surface area contributed by atoms with Gasteiger partial charge in [0.15, 0.2) is 0 Å². The van der Waals surface area contributed by atoms with Gasteiger partial charge in [0.25, 0.3) is 0 Å². The van der Waals surface area contributed by atoms with E-state index in [0.29, 0.717) is 49.5 Å². The summed E-state index contributed by atoms with van der Waals surface area (Å²) in [6, 6.07) is 0. The molecule has 0 aromatic rings. The van der Waals surface area contributed by atoms with Crippen molar-refractivity contribution in [2.75, 3.05) is 0 Å². The second-order valence-corrected chi connectivity index (χ2v) is 1.85. The zero-order chi connectivity index (χ0) is 4.28. The summed E-state index contributed by atoms with van der Waals surface area (Å²) >= 11 is 0.485. The summed E-state index contributed by atoms with van der Waals surface area (Å²) in [6.07, 6.45) is 0. The Morgan fingerprint density at radius 1 is 1.83 bits per heavy atom. The van der Waals surface area contributed by atoms with E-state index in [9.17, 15) is 4.79 Å². The molecule has 3 nitrogen and oxygen atoms in total. The number of carbonyl (C=O) groups is 1. The summed E-state index contributed by atoms with van der Waals surface area (Å²) in [5, 5.41) is 7.77. The first-order valence-corrected chi connectivity index (χ1v) is 3.70. The van der Waals surface area contributed by atoms with E-state index in [4.69, 9.17) is 5.11 Å². The molecule has 0 aliphatic carbocycles. The molecule has 0 fully saturated rings. The van der Waals surface area contributed by atoms with E-state index in [0.717, 1.165) is 0 Å². The van der Waals surface area contributed by atoms with Crippen LogP contribution in [0.4, 0.5) is 0 Å². The molecule has 0 saturated carbocycles. The molecule has 3 N–H and O–H groups in total. The summed E-state index contributed by atoms with van der Waals surface area (Å²) in [5.41, 5.74) is 0. The van der Waals surface area contributed by atoms with Gasteiger partial charge in [0.05, 0.1) is 0 Å². The molecule has 0 saturated heterocycles. The summed E-state index contributed by atoms with van der Waals surface area (Å²) in [6.45, 7) is 0. The van der Waals surface area contributed by atoms with Crippen molar-refractivity contribution in [3.63, 3.8) is 0 Å². The monoisotopic (exact) mass is 116 g/mol. The maximum atomic E-state index is 9.41. The fourth-order valence-corrected chi connectivity index (χ4v) is 0. The van der Waals surface area contributed by atoms with Crippen LogP contribution in [0.2, 0.25) is 0.515 Å². The Morgan fingerprint density at radius 3 is 2.00 bits per heavy atom. The van der Waals surface area contributed by atoms with Crippen LogP contribution in [0.15, 0.2) is 0 Å². The van der Waals surface area contributed by atoms with Gasteiger partial charge in [0, 0.05) is 0 Å². The molecular weight excluding hydrogens is 111 g/mol. The van der Waals surface area contributed by atoms with Gasteiger partial charge >= 0.3 is 65.3 Å². The molecular formula is C2H5KO3. The van der Waals surface area contributed by atoms with Gasteiger partial charge in [0.2, 0.25) is 0 Å². The standard InChI is InChI=1S/C2H3O2.K.H2O/c1-2(3)4;;/h1H2,(H,3,4);;1H2. The fraction of sp³-hybridized carbons (Fsp3) is 0.500. The van der Waals surface area contributed by atoms with Crippen molar-refractivity contribution in [1.29, 1.82) is 0 Å². The number of hydrogen-bond acceptors (Lipinski definition) is 1. The Morgan fingerprint density at radius 2 is 2.00 bits per heavy atom. The van der Waals surface area contributed by atoms with E-state index in [1.807, 2.05) is 0 Å². The van der Waals surface area contributed by atoms with Crippen LogP contribution in [0.1, 0.15) is 0 Å². The van der Waals surface area contributed by atoms with E-state index >= 15 is 0 Å². The first kappa shape index (κ1) is 10.1. The van der Waals surface area contributed by atoms with Crippen LogP contribution in [0.5, 0.6) is 0 Å².